The number of hydrogen-bond acceptors (Lipinski definition) is 10. The molecule has 3 aromatic rings. The van der Waals surface area contributed by atoms with Crippen molar-refractivity contribution in [1.29, 1.82) is 0 Å². The van der Waals surface area contributed by atoms with Crippen LogP contribution in [0.15, 0.2) is 67.1 Å². The number of carbonyl (C=O) groups excluding carboxylic acids is 1. The second-order valence-electron chi connectivity index (χ2n) is 8.83. The quantitative estimate of drug-likeness (QED) is 0.311. The molecule has 1 fully saturated rings. The van der Waals surface area contributed by atoms with E-state index in [9.17, 15) is 25.2 Å². The smallest absolute Gasteiger partial charge is 0.184 e. The number of aliphatic hydroxyl groups excluding tert-OH is 4. The number of aliphatic hydroxyl groups is 4. The van der Waals surface area contributed by atoms with Crippen LogP contribution in [-0.2, 0) is 35.6 Å². The minimum absolute atomic E-state index is 0.0176. The first kappa shape index (κ1) is 26.0. The van der Waals surface area contributed by atoms with Gasteiger partial charge in [0, 0.05) is 44.6 Å². The number of pyridine rings is 3. The van der Waals surface area contributed by atoms with Crippen LogP contribution in [0.4, 0.5) is 0 Å². The molecule has 1 saturated heterocycles. The van der Waals surface area contributed by atoms with E-state index in [1.807, 2.05) is 48.5 Å². The van der Waals surface area contributed by atoms with Crippen molar-refractivity contribution in [3.8, 4) is 0 Å². The Morgan fingerprint density at radius 1 is 0.778 bits per heavy atom. The average Bonchev–Trinajstić information content (AvgIpc) is 2.90. The molecule has 0 radical (unpaired) electrons. The predicted octanol–water partition coefficient (Wildman–Crippen LogP) is 0.376. The number of aromatic nitrogens is 3. The highest BCUT2D eigenvalue weighted by atomic mass is 16.6. The molecule has 1 aliphatic rings. The Labute approximate surface area is 208 Å². The maximum absolute atomic E-state index is 12.5. The van der Waals surface area contributed by atoms with Crippen LogP contribution in [0.2, 0.25) is 0 Å². The van der Waals surface area contributed by atoms with Crippen LogP contribution in [0.3, 0.4) is 0 Å². The van der Waals surface area contributed by atoms with Gasteiger partial charge < -0.3 is 25.2 Å². The van der Waals surface area contributed by atoms with E-state index in [2.05, 4.69) is 19.9 Å². The van der Waals surface area contributed by atoms with Gasteiger partial charge in [0.2, 0.25) is 0 Å². The highest BCUT2D eigenvalue weighted by Crippen LogP contribution is 2.22. The summed E-state index contributed by atoms with van der Waals surface area (Å²) in [5.41, 5.74) is 3.56. The fraction of sp³-hybridized carbons (Fsp3) is 0.385. The van der Waals surface area contributed by atoms with Crippen molar-refractivity contribution in [1.82, 2.24) is 19.9 Å². The monoisotopic (exact) mass is 494 g/mol. The molecule has 4 N–H and O–H groups in total. The predicted molar refractivity (Wildman–Crippen MR) is 128 cm³/mol. The number of hydrogen-bond donors (Lipinski definition) is 4. The van der Waals surface area contributed by atoms with E-state index in [-0.39, 0.29) is 6.42 Å². The zero-order valence-corrected chi connectivity index (χ0v) is 19.7. The number of rotatable bonds is 10. The van der Waals surface area contributed by atoms with E-state index in [0.29, 0.717) is 26.1 Å². The fourth-order valence-corrected chi connectivity index (χ4v) is 4.07. The largest absolute Gasteiger partial charge is 0.387 e. The zero-order valence-electron chi connectivity index (χ0n) is 19.7. The fourth-order valence-electron chi connectivity index (χ4n) is 4.07. The van der Waals surface area contributed by atoms with Crippen molar-refractivity contribution in [3.63, 3.8) is 0 Å². The maximum atomic E-state index is 12.5. The van der Waals surface area contributed by atoms with Gasteiger partial charge >= 0.3 is 0 Å². The van der Waals surface area contributed by atoms with Gasteiger partial charge in [-0.2, -0.15) is 0 Å². The van der Waals surface area contributed by atoms with E-state index >= 15 is 0 Å². The van der Waals surface area contributed by atoms with Gasteiger partial charge in [-0.1, -0.05) is 18.2 Å². The molecule has 4 heterocycles. The lowest BCUT2D eigenvalue weighted by atomic mass is 9.94. The Morgan fingerprint density at radius 2 is 1.39 bits per heavy atom. The molecule has 10 heteroatoms. The normalized spacial score (nSPS) is 24.1. The number of Topliss-reactive ketones (excluding diaryl/α,β-unsaturated/α-hetero) is 1. The molecule has 2 unspecified atom stereocenters. The number of ether oxygens (including phenoxy) is 1. The number of ketones is 1. The first-order valence-corrected chi connectivity index (χ1v) is 11.8. The molecule has 0 aromatic carbocycles. The van der Waals surface area contributed by atoms with Gasteiger partial charge in [-0.05, 0) is 42.3 Å². The lowest BCUT2D eigenvalue weighted by Gasteiger charge is -2.37. The molecule has 0 amide bonds. The van der Waals surface area contributed by atoms with Crippen LogP contribution in [0.5, 0.6) is 0 Å². The van der Waals surface area contributed by atoms with Gasteiger partial charge in [0.25, 0.3) is 0 Å². The molecule has 190 valence electrons. The Morgan fingerprint density at radius 3 is 1.92 bits per heavy atom. The minimum atomic E-state index is -1.74. The summed E-state index contributed by atoms with van der Waals surface area (Å²) in [6.07, 6.45) is -2.49. The van der Waals surface area contributed by atoms with E-state index in [0.717, 1.165) is 22.6 Å². The molecule has 36 heavy (non-hydrogen) atoms. The maximum Gasteiger partial charge on any atom is 0.184 e. The van der Waals surface area contributed by atoms with Crippen molar-refractivity contribution in [3.05, 3.63) is 89.8 Å². The van der Waals surface area contributed by atoms with Crippen LogP contribution in [0, 0.1) is 0 Å². The zero-order chi connectivity index (χ0) is 25.5. The molecule has 0 spiro atoms. The van der Waals surface area contributed by atoms with Crippen LogP contribution < -0.4 is 0 Å². The van der Waals surface area contributed by atoms with Crippen LogP contribution in [0.1, 0.15) is 29.1 Å². The van der Waals surface area contributed by atoms with Crippen molar-refractivity contribution in [2.45, 2.75) is 63.2 Å². The van der Waals surface area contributed by atoms with Gasteiger partial charge in [0.1, 0.15) is 24.4 Å². The molecule has 4 rings (SSSR count). The molecule has 0 aliphatic carbocycles. The topological polar surface area (TPSA) is 149 Å². The first-order valence-electron chi connectivity index (χ1n) is 11.8. The minimum Gasteiger partial charge on any atom is -0.387 e. The Kier molecular flexibility index (Phi) is 8.81. The van der Waals surface area contributed by atoms with Gasteiger partial charge in [-0.15, -0.1) is 0 Å². The van der Waals surface area contributed by atoms with Crippen molar-refractivity contribution in [2.75, 3.05) is 0 Å². The summed E-state index contributed by atoms with van der Waals surface area (Å²) in [7, 11) is 0. The van der Waals surface area contributed by atoms with E-state index < -0.39 is 36.5 Å². The third kappa shape index (κ3) is 6.76. The summed E-state index contributed by atoms with van der Waals surface area (Å²) in [6, 6.07) is 15.4. The van der Waals surface area contributed by atoms with Crippen LogP contribution >= 0.6 is 0 Å². The highest BCUT2D eigenvalue weighted by molar-refractivity contribution is 5.84. The van der Waals surface area contributed by atoms with Gasteiger partial charge in [-0.25, -0.2) is 0 Å². The molecular weight excluding hydrogens is 464 g/mol. The van der Waals surface area contributed by atoms with Gasteiger partial charge in [0.05, 0.1) is 17.1 Å². The molecule has 0 saturated carbocycles. The average molecular weight is 495 g/mol. The van der Waals surface area contributed by atoms with Crippen molar-refractivity contribution < 1.29 is 30.0 Å². The van der Waals surface area contributed by atoms with E-state index in [4.69, 9.17) is 4.74 Å². The molecule has 0 bridgehead atoms. The summed E-state index contributed by atoms with van der Waals surface area (Å²) >= 11 is 0. The number of carbonyl (C=O) groups is 1. The standard InChI is InChI=1S/C26H30N4O6/c31-21(25-23(33)22(32)24(34)26(35)36-25)10-8-17-7-9-20(29-13-17)16-30(14-18-5-1-3-11-27-18)15-19-6-2-4-12-28-19/h1-7,9,11-13,22-26,32-35H,8,10,14-16H2/t22-,23+,24+,25?,26?/m0/s1. The van der Waals surface area contributed by atoms with E-state index in [1.165, 1.54) is 0 Å². The van der Waals surface area contributed by atoms with Gasteiger partial charge in [-0.3, -0.25) is 24.6 Å². The Bertz CT molecular complexity index is 1060. The van der Waals surface area contributed by atoms with Crippen LogP contribution in [0.25, 0.3) is 0 Å². The number of aryl methyl sites for hydroxylation is 1. The molecule has 5 atom stereocenters. The van der Waals surface area contributed by atoms with Gasteiger partial charge in [0.15, 0.2) is 12.1 Å². The first-order chi connectivity index (χ1) is 17.4. The molecule has 3 aromatic heterocycles. The summed E-state index contributed by atoms with van der Waals surface area (Å²) in [4.78, 5) is 28.1. The highest BCUT2D eigenvalue weighted by Gasteiger charge is 2.45. The molecule has 10 nitrogen and oxygen atoms in total. The lowest BCUT2D eigenvalue weighted by molar-refractivity contribution is -0.275. The molecule has 1 aliphatic heterocycles. The number of nitrogens with zero attached hydrogens (tertiary/aromatic N) is 4. The third-order valence-corrected chi connectivity index (χ3v) is 6.06. The second kappa shape index (κ2) is 12.2. The van der Waals surface area contributed by atoms with Crippen LogP contribution in [-0.4, -0.2) is 76.8 Å². The summed E-state index contributed by atoms with van der Waals surface area (Å²) in [5.74, 6) is -0.478. The third-order valence-electron chi connectivity index (χ3n) is 6.06. The second-order valence-corrected chi connectivity index (χ2v) is 8.83. The Balaban J connectivity index is 1.35. The van der Waals surface area contributed by atoms with E-state index in [1.54, 1.807) is 18.6 Å². The summed E-state index contributed by atoms with van der Waals surface area (Å²) < 4.78 is 5.01. The van der Waals surface area contributed by atoms with Crippen molar-refractivity contribution >= 4 is 5.78 Å². The SMILES string of the molecule is O=C(CCc1ccc(CN(Cc2ccccn2)Cc2ccccn2)nc1)C1OC(O)[C@H](O)[C@@H](O)[C@H]1O. The molecular formula is C26H30N4O6. The Hall–Kier alpha value is -3.12. The summed E-state index contributed by atoms with van der Waals surface area (Å²) in [5, 5.41) is 39.0. The van der Waals surface area contributed by atoms with Crippen molar-refractivity contribution in [2.24, 2.45) is 0 Å². The summed E-state index contributed by atoms with van der Waals surface area (Å²) in [6.45, 7) is 1.84. The lowest BCUT2D eigenvalue weighted by Crippen LogP contribution is -2.59.